The van der Waals surface area contributed by atoms with Crippen LogP contribution in [0.25, 0.3) is 0 Å². The topological polar surface area (TPSA) is 18.5 Å². The summed E-state index contributed by atoms with van der Waals surface area (Å²) in [6.45, 7) is -0.177. The van der Waals surface area contributed by atoms with Crippen LogP contribution in [0.4, 0.5) is 8.78 Å². The van der Waals surface area contributed by atoms with Gasteiger partial charge in [0.1, 0.15) is 29.7 Å². The molecule has 5 heteroatoms. The van der Waals surface area contributed by atoms with Crippen LogP contribution in [0.3, 0.4) is 0 Å². The standard InChI is InChI=1S/C14H11BrF2O2/c1-18-9-5-6-14(11(15)7-9)19-8-10-12(16)3-2-4-13(10)17/h2-7H,8H2,1H3. The van der Waals surface area contributed by atoms with E-state index in [1.807, 2.05) is 0 Å². The molecule has 0 heterocycles. The van der Waals surface area contributed by atoms with Crippen molar-refractivity contribution in [2.24, 2.45) is 0 Å². The molecule has 0 aliphatic rings. The lowest BCUT2D eigenvalue weighted by Crippen LogP contribution is -2.02. The number of ether oxygens (including phenoxy) is 2. The normalized spacial score (nSPS) is 10.3. The Balaban J connectivity index is 2.15. The summed E-state index contributed by atoms with van der Waals surface area (Å²) in [6.07, 6.45) is 0. The minimum atomic E-state index is -0.621. The molecular weight excluding hydrogens is 318 g/mol. The summed E-state index contributed by atoms with van der Waals surface area (Å²) >= 11 is 3.31. The molecule has 0 bridgehead atoms. The first-order valence-electron chi connectivity index (χ1n) is 5.51. The average molecular weight is 329 g/mol. The highest BCUT2D eigenvalue weighted by Crippen LogP contribution is 2.30. The molecule has 0 N–H and O–H groups in total. The maximum absolute atomic E-state index is 13.4. The Morgan fingerprint density at radius 1 is 1.11 bits per heavy atom. The molecule has 2 rings (SSSR count). The summed E-state index contributed by atoms with van der Waals surface area (Å²) in [5.41, 5.74) is -0.0924. The van der Waals surface area contributed by atoms with Crippen LogP contribution in [0, 0.1) is 11.6 Å². The smallest absolute Gasteiger partial charge is 0.134 e. The zero-order chi connectivity index (χ0) is 13.8. The third-order valence-electron chi connectivity index (χ3n) is 2.57. The molecule has 2 aromatic rings. The predicted octanol–water partition coefficient (Wildman–Crippen LogP) is 4.31. The van der Waals surface area contributed by atoms with E-state index in [9.17, 15) is 8.78 Å². The number of halogens is 3. The highest BCUT2D eigenvalue weighted by Gasteiger charge is 2.10. The Morgan fingerprint density at radius 2 is 1.79 bits per heavy atom. The van der Waals surface area contributed by atoms with Crippen molar-refractivity contribution in [3.05, 3.63) is 58.1 Å². The van der Waals surface area contributed by atoms with E-state index < -0.39 is 11.6 Å². The fourth-order valence-corrected chi connectivity index (χ4v) is 2.02. The van der Waals surface area contributed by atoms with Gasteiger partial charge in [-0.3, -0.25) is 0 Å². The first-order chi connectivity index (χ1) is 9.11. The molecule has 0 saturated heterocycles. The fourth-order valence-electron chi connectivity index (χ4n) is 1.55. The highest BCUT2D eigenvalue weighted by molar-refractivity contribution is 9.10. The number of rotatable bonds is 4. The van der Waals surface area contributed by atoms with E-state index >= 15 is 0 Å². The molecule has 0 aliphatic heterocycles. The van der Waals surface area contributed by atoms with E-state index in [0.717, 1.165) is 0 Å². The zero-order valence-corrected chi connectivity index (χ0v) is 11.7. The SMILES string of the molecule is COc1ccc(OCc2c(F)cccc2F)c(Br)c1. The van der Waals surface area contributed by atoms with Crippen molar-refractivity contribution in [1.82, 2.24) is 0 Å². The van der Waals surface area contributed by atoms with Gasteiger partial charge in [0.05, 0.1) is 17.1 Å². The van der Waals surface area contributed by atoms with Crippen LogP contribution in [-0.4, -0.2) is 7.11 Å². The molecule has 0 unspecified atom stereocenters. The van der Waals surface area contributed by atoms with Crippen molar-refractivity contribution in [3.8, 4) is 11.5 Å². The van der Waals surface area contributed by atoms with E-state index in [1.165, 1.54) is 18.2 Å². The Hall–Kier alpha value is -1.62. The second-order valence-electron chi connectivity index (χ2n) is 3.79. The van der Waals surface area contributed by atoms with Gasteiger partial charge in [-0.1, -0.05) is 6.07 Å². The van der Waals surface area contributed by atoms with Gasteiger partial charge in [-0.05, 0) is 46.3 Å². The van der Waals surface area contributed by atoms with Crippen LogP contribution in [0.2, 0.25) is 0 Å². The third-order valence-corrected chi connectivity index (χ3v) is 3.19. The second kappa shape index (κ2) is 6.02. The van der Waals surface area contributed by atoms with Crippen molar-refractivity contribution in [2.75, 3.05) is 7.11 Å². The summed E-state index contributed by atoms with van der Waals surface area (Å²) in [5, 5.41) is 0. The molecule has 0 spiro atoms. The van der Waals surface area contributed by atoms with Crippen molar-refractivity contribution in [1.29, 1.82) is 0 Å². The van der Waals surface area contributed by atoms with E-state index in [0.29, 0.717) is 16.0 Å². The Kier molecular flexibility index (Phi) is 4.37. The van der Waals surface area contributed by atoms with Crippen LogP contribution in [0.15, 0.2) is 40.9 Å². The first kappa shape index (κ1) is 13.8. The minimum absolute atomic E-state index is 0.0924. The molecule has 2 aromatic carbocycles. The molecular formula is C14H11BrF2O2. The maximum atomic E-state index is 13.4. The van der Waals surface area contributed by atoms with Gasteiger partial charge in [0.2, 0.25) is 0 Å². The van der Waals surface area contributed by atoms with Crippen LogP contribution >= 0.6 is 15.9 Å². The molecule has 0 atom stereocenters. The molecule has 19 heavy (non-hydrogen) atoms. The van der Waals surface area contributed by atoms with Crippen molar-refractivity contribution < 1.29 is 18.3 Å². The summed E-state index contributed by atoms with van der Waals surface area (Å²) in [5.74, 6) is -0.0889. The molecule has 0 radical (unpaired) electrons. The quantitative estimate of drug-likeness (QED) is 0.832. The van der Waals surface area contributed by atoms with Gasteiger partial charge in [0, 0.05) is 0 Å². The summed E-state index contributed by atoms with van der Waals surface area (Å²) in [7, 11) is 1.55. The second-order valence-corrected chi connectivity index (χ2v) is 4.64. The number of hydrogen-bond donors (Lipinski definition) is 0. The Labute approximate surface area is 118 Å². The van der Waals surface area contributed by atoms with Gasteiger partial charge in [-0.2, -0.15) is 0 Å². The third kappa shape index (κ3) is 3.23. The maximum Gasteiger partial charge on any atom is 0.134 e. The predicted molar refractivity (Wildman–Crippen MR) is 71.4 cm³/mol. The number of benzene rings is 2. The fraction of sp³-hybridized carbons (Fsp3) is 0.143. The van der Waals surface area contributed by atoms with Crippen LogP contribution in [0.5, 0.6) is 11.5 Å². The van der Waals surface area contributed by atoms with Gasteiger partial charge in [0.15, 0.2) is 0 Å². The van der Waals surface area contributed by atoms with Gasteiger partial charge >= 0.3 is 0 Å². The molecule has 0 fully saturated rings. The molecule has 2 nitrogen and oxygen atoms in total. The summed E-state index contributed by atoms with van der Waals surface area (Å²) in [4.78, 5) is 0. The lowest BCUT2D eigenvalue weighted by atomic mass is 10.2. The minimum Gasteiger partial charge on any atom is -0.497 e. The lowest BCUT2D eigenvalue weighted by Gasteiger charge is -2.10. The van der Waals surface area contributed by atoms with Gasteiger partial charge in [-0.15, -0.1) is 0 Å². The molecule has 0 amide bonds. The van der Waals surface area contributed by atoms with Crippen LogP contribution in [-0.2, 0) is 6.61 Å². The highest BCUT2D eigenvalue weighted by atomic mass is 79.9. The molecule has 100 valence electrons. The van der Waals surface area contributed by atoms with Crippen LogP contribution in [0.1, 0.15) is 5.56 Å². The van der Waals surface area contributed by atoms with Crippen molar-refractivity contribution >= 4 is 15.9 Å². The largest absolute Gasteiger partial charge is 0.497 e. The average Bonchev–Trinajstić information content (AvgIpc) is 2.39. The Morgan fingerprint density at radius 3 is 2.37 bits per heavy atom. The van der Waals surface area contributed by atoms with Crippen LogP contribution < -0.4 is 9.47 Å². The monoisotopic (exact) mass is 328 g/mol. The van der Waals surface area contributed by atoms with Crippen molar-refractivity contribution in [3.63, 3.8) is 0 Å². The van der Waals surface area contributed by atoms with Gasteiger partial charge < -0.3 is 9.47 Å². The molecule has 0 aromatic heterocycles. The van der Waals surface area contributed by atoms with Gasteiger partial charge in [-0.25, -0.2) is 8.78 Å². The molecule has 0 aliphatic carbocycles. The summed E-state index contributed by atoms with van der Waals surface area (Å²) in [6, 6.07) is 8.81. The van der Waals surface area contributed by atoms with E-state index in [4.69, 9.17) is 9.47 Å². The van der Waals surface area contributed by atoms with E-state index in [-0.39, 0.29) is 12.2 Å². The number of methoxy groups -OCH3 is 1. The summed E-state index contributed by atoms with van der Waals surface area (Å²) < 4.78 is 37.9. The van der Waals surface area contributed by atoms with E-state index in [2.05, 4.69) is 15.9 Å². The number of hydrogen-bond acceptors (Lipinski definition) is 2. The molecule has 0 saturated carbocycles. The van der Waals surface area contributed by atoms with Gasteiger partial charge in [0.25, 0.3) is 0 Å². The first-order valence-corrected chi connectivity index (χ1v) is 6.30. The van der Waals surface area contributed by atoms with Crippen molar-refractivity contribution in [2.45, 2.75) is 6.61 Å². The lowest BCUT2D eigenvalue weighted by molar-refractivity contribution is 0.290. The zero-order valence-electron chi connectivity index (χ0n) is 10.1. The van der Waals surface area contributed by atoms with E-state index in [1.54, 1.807) is 25.3 Å². The Bertz CT molecular complexity index is 567.